The Kier molecular flexibility index (Phi) is 5.00. The van der Waals surface area contributed by atoms with Gasteiger partial charge < -0.3 is 10.2 Å². The minimum Gasteiger partial charge on any atom is -0.322 e. The molecule has 7 nitrogen and oxygen atoms in total. The molecule has 1 aliphatic heterocycles. The summed E-state index contributed by atoms with van der Waals surface area (Å²) in [7, 11) is -3.19. The molecule has 8 heteroatoms. The van der Waals surface area contributed by atoms with Crippen LogP contribution in [0.1, 0.15) is 12.5 Å². The van der Waals surface area contributed by atoms with Crippen LogP contribution in [-0.2, 0) is 10.0 Å². The second-order valence-corrected chi connectivity index (χ2v) is 7.16. The van der Waals surface area contributed by atoms with Crippen LogP contribution in [0, 0.1) is 11.3 Å². The lowest BCUT2D eigenvalue weighted by molar-refractivity contribution is 0.184. The van der Waals surface area contributed by atoms with Gasteiger partial charge in [0.05, 0.1) is 17.4 Å². The van der Waals surface area contributed by atoms with E-state index in [-0.39, 0.29) is 11.8 Å². The Hall–Kier alpha value is -2.11. The maximum atomic E-state index is 12.1. The van der Waals surface area contributed by atoms with Gasteiger partial charge in [-0.25, -0.2) is 13.2 Å². The van der Waals surface area contributed by atoms with E-state index < -0.39 is 10.0 Å². The van der Waals surface area contributed by atoms with Crippen LogP contribution in [0.2, 0.25) is 0 Å². The molecule has 0 aromatic heterocycles. The Morgan fingerprint density at radius 1 is 1.23 bits per heavy atom. The van der Waals surface area contributed by atoms with E-state index in [0.29, 0.717) is 37.4 Å². The van der Waals surface area contributed by atoms with E-state index in [4.69, 9.17) is 5.26 Å². The van der Waals surface area contributed by atoms with E-state index in [1.165, 1.54) is 4.31 Å². The minimum atomic E-state index is -3.19. The number of rotatable bonds is 3. The summed E-state index contributed by atoms with van der Waals surface area (Å²) in [6.07, 6.45) is 0. The average Bonchev–Trinajstić information content (AvgIpc) is 2.55. The van der Waals surface area contributed by atoms with Gasteiger partial charge in [-0.15, -0.1) is 0 Å². The fraction of sp³-hybridized carbons (Fsp3) is 0.429. The number of hydrogen-bond acceptors (Lipinski definition) is 4. The molecule has 0 spiro atoms. The van der Waals surface area contributed by atoms with Crippen LogP contribution < -0.4 is 5.32 Å². The second-order valence-electron chi connectivity index (χ2n) is 4.91. The Morgan fingerprint density at radius 3 is 2.32 bits per heavy atom. The number of nitriles is 1. The molecule has 2 rings (SSSR count). The molecule has 1 saturated heterocycles. The molecular weight excluding hydrogens is 304 g/mol. The van der Waals surface area contributed by atoms with Gasteiger partial charge in [-0.05, 0) is 31.2 Å². The third-order valence-corrected chi connectivity index (χ3v) is 5.43. The fourth-order valence-corrected chi connectivity index (χ4v) is 3.27. The van der Waals surface area contributed by atoms with E-state index >= 15 is 0 Å². The first-order valence-corrected chi connectivity index (χ1v) is 8.61. The number of carbonyl (C=O) groups excluding carboxylic acids is 1. The average molecular weight is 322 g/mol. The van der Waals surface area contributed by atoms with E-state index in [9.17, 15) is 13.2 Å². The normalized spacial score (nSPS) is 16.1. The summed E-state index contributed by atoms with van der Waals surface area (Å²) in [4.78, 5) is 13.7. The highest BCUT2D eigenvalue weighted by molar-refractivity contribution is 7.89. The van der Waals surface area contributed by atoms with Crippen LogP contribution in [0.15, 0.2) is 24.3 Å². The molecule has 1 heterocycles. The summed E-state index contributed by atoms with van der Waals surface area (Å²) >= 11 is 0. The molecule has 0 bridgehead atoms. The number of amides is 2. The standard InChI is InChI=1S/C14H18N4O3S/c1-2-22(20,21)18-9-7-17(8-10-18)14(19)16-13-5-3-12(11-15)4-6-13/h3-6H,2,7-10H2,1H3,(H,16,19). The number of piperazine rings is 1. The molecule has 0 unspecified atom stereocenters. The third kappa shape index (κ3) is 3.75. The summed E-state index contributed by atoms with van der Waals surface area (Å²) in [6, 6.07) is 8.32. The van der Waals surface area contributed by atoms with E-state index in [0.717, 1.165) is 0 Å². The number of benzene rings is 1. The van der Waals surface area contributed by atoms with Crippen molar-refractivity contribution in [3.63, 3.8) is 0 Å². The van der Waals surface area contributed by atoms with Crippen molar-refractivity contribution in [3.05, 3.63) is 29.8 Å². The first kappa shape index (κ1) is 16.3. The van der Waals surface area contributed by atoms with Gasteiger partial charge in [0.2, 0.25) is 10.0 Å². The first-order valence-electron chi connectivity index (χ1n) is 7.00. The number of carbonyl (C=O) groups is 1. The first-order chi connectivity index (χ1) is 10.5. The molecule has 118 valence electrons. The largest absolute Gasteiger partial charge is 0.322 e. The van der Waals surface area contributed by atoms with Crippen molar-refractivity contribution in [2.45, 2.75) is 6.92 Å². The van der Waals surface area contributed by atoms with E-state index in [1.54, 1.807) is 36.1 Å². The third-order valence-electron chi connectivity index (χ3n) is 3.55. The van der Waals surface area contributed by atoms with Crippen LogP contribution >= 0.6 is 0 Å². The second kappa shape index (κ2) is 6.77. The fourth-order valence-electron chi connectivity index (χ4n) is 2.18. The SMILES string of the molecule is CCS(=O)(=O)N1CCN(C(=O)Nc2ccc(C#N)cc2)CC1. The molecule has 1 fully saturated rings. The van der Waals surface area contributed by atoms with Crippen LogP contribution in [0.4, 0.5) is 10.5 Å². The van der Waals surface area contributed by atoms with Crippen LogP contribution in [0.3, 0.4) is 0 Å². The number of nitrogens with zero attached hydrogens (tertiary/aromatic N) is 3. The smallest absolute Gasteiger partial charge is 0.321 e. The lowest BCUT2D eigenvalue weighted by atomic mass is 10.2. The van der Waals surface area contributed by atoms with Crippen LogP contribution in [-0.4, -0.2) is 55.6 Å². The number of anilines is 1. The van der Waals surface area contributed by atoms with Crippen LogP contribution in [0.25, 0.3) is 0 Å². The van der Waals surface area contributed by atoms with Gasteiger partial charge >= 0.3 is 6.03 Å². The van der Waals surface area contributed by atoms with Crippen molar-refractivity contribution >= 4 is 21.7 Å². The van der Waals surface area contributed by atoms with Gasteiger partial charge in [-0.1, -0.05) is 0 Å². The molecule has 0 saturated carbocycles. The maximum Gasteiger partial charge on any atom is 0.321 e. The molecule has 0 radical (unpaired) electrons. The predicted octanol–water partition coefficient (Wildman–Crippen LogP) is 1.06. The van der Waals surface area contributed by atoms with Gasteiger partial charge in [0, 0.05) is 31.9 Å². The van der Waals surface area contributed by atoms with Gasteiger partial charge in [-0.3, -0.25) is 0 Å². The molecular formula is C14H18N4O3S. The molecule has 0 aliphatic carbocycles. The molecule has 0 atom stereocenters. The van der Waals surface area contributed by atoms with E-state index in [1.807, 2.05) is 6.07 Å². The zero-order valence-corrected chi connectivity index (χ0v) is 13.1. The Morgan fingerprint density at radius 2 is 1.82 bits per heavy atom. The summed E-state index contributed by atoms with van der Waals surface area (Å²) in [6.45, 7) is 2.97. The molecule has 1 aromatic rings. The Balaban J connectivity index is 1.91. The van der Waals surface area contributed by atoms with Gasteiger partial charge in [-0.2, -0.15) is 9.57 Å². The van der Waals surface area contributed by atoms with Crippen LogP contribution in [0.5, 0.6) is 0 Å². The van der Waals surface area contributed by atoms with Crippen molar-refractivity contribution in [1.29, 1.82) is 5.26 Å². The molecule has 1 aliphatic rings. The highest BCUT2D eigenvalue weighted by Gasteiger charge is 2.27. The Labute approximate surface area is 130 Å². The molecule has 1 N–H and O–H groups in total. The monoisotopic (exact) mass is 322 g/mol. The lowest BCUT2D eigenvalue weighted by Gasteiger charge is -2.33. The summed E-state index contributed by atoms with van der Waals surface area (Å²) in [5.74, 6) is 0.0738. The Bertz CT molecular complexity index is 671. The van der Waals surface area contributed by atoms with Crippen molar-refractivity contribution < 1.29 is 13.2 Å². The topological polar surface area (TPSA) is 93.5 Å². The van der Waals surface area contributed by atoms with Gasteiger partial charge in [0.15, 0.2) is 0 Å². The minimum absolute atomic E-state index is 0.0738. The van der Waals surface area contributed by atoms with Crippen molar-refractivity contribution in [3.8, 4) is 6.07 Å². The van der Waals surface area contributed by atoms with Crippen molar-refractivity contribution in [2.75, 3.05) is 37.2 Å². The predicted molar refractivity (Wildman–Crippen MR) is 82.8 cm³/mol. The highest BCUT2D eigenvalue weighted by atomic mass is 32.2. The zero-order chi connectivity index (χ0) is 16.2. The molecule has 22 heavy (non-hydrogen) atoms. The summed E-state index contributed by atoms with van der Waals surface area (Å²) < 4.78 is 24.9. The van der Waals surface area contributed by atoms with Gasteiger partial charge in [0.25, 0.3) is 0 Å². The number of hydrogen-bond donors (Lipinski definition) is 1. The highest BCUT2D eigenvalue weighted by Crippen LogP contribution is 2.12. The molecule has 2 amide bonds. The maximum absolute atomic E-state index is 12.1. The van der Waals surface area contributed by atoms with Crippen molar-refractivity contribution in [2.24, 2.45) is 0 Å². The number of urea groups is 1. The summed E-state index contributed by atoms with van der Waals surface area (Å²) in [5, 5.41) is 11.5. The zero-order valence-electron chi connectivity index (χ0n) is 12.3. The number of sulfonamides is 1. The lowest BCUT2D eigenvalue weighted by Crippen LogP contribution is -2.51. The number of nitrogens with one attached hydrogen (secondary N) is 1. The quantitative estimate of drug-likeness (QED) is 0.900. The van der Waals surface area contributed by atoms with Crippen molar-refractivity contribution in [1.82, 2.24) is 9.21 Å². The summed E-state index contributed by atoms with van der Waals surface area (Å²) in [5.41, 5.74) is 1.13. The molecule has 1 aromatic carbocycles. The van der Waals surface area contributed by atoms with E-state index in [2.05, 4.69) is 5.32 Å². The van der Waals surface area contributed by atoms with Gasteiger partial charge in [0.1, 0.15) is 0 Å².